The lowest BCUT2D eigenvalue weighted by Gasteiger charge is -2.12. The molecule has 0 unspecified atom stereocenters. The normalized spacial score (nSPS) is 12.4. The van der Waals surface area contributed by atoms with Gasteiger partial charge in [0, 0.05) is 6.61 Å². The van der Waals surface area contributed by atoms with Gasteiger partial charge in [0.25, 0.3) is 0 Å². The molecule has 0 bridgehead atoms. The van der Waals surface area contributed by atoms with Crippen LogP contribution in [0, 0.1) is 5.92 Å². The van der Waals surface area contributed by atoms with Crippen molar-refractivity contribution < 1.29 is 19.4 Å². The molecule has 1 rings (SSSR count). The van der Waals surface area contributed by atoms with Gasteiger partial charge in [-0.2, -0.15) is 0 Å². The number of benzene rings is 1. The van der Waals surface area contributed by atoms with Crippen LogP contribution in [-0.4, -0.2) is 30.4 Å². The van der Waals surface area contributed by atoms with Crippen molar-refractivity contribution in [3.63, 3.8) is 0 Å². The van der Waals surface area contributed by atoms with Crippen molar-refractivity contribution >= 4 is 5.97 Å². The van der Waals surface area contributed by atoms with Crippen LogP contribution in [0.4, 0.5) is 0 Å². The smallest absolute Gasteiger partial charge is 0.308 e. The Hall–Kier alpha value is -1.39. The Morgan fingerprint density at radius 1 is 1.25 bits per heavy atom. The third-order valence-corrected chi connectivity index (χ3v) is 2.69. The van der Waals surface area contributed by atoms with E-state index in [4.69, 9.17) is 9.47 Å². The first-order chi connectivity index (χ1) is 9.58. The number of carbonyl (C=O) groups excluding carboxylic acids is 1. The SMILES string of the molecule is CC(C)COC(=O)C[C@@H](O)CCOCc1ccccc1. The molecule has 0 saturated heterocycles. The van der Waals surface area contributed by atoms with Crippen molar-refractivity contribution in [2.75, 3.05) is 13.2 Å². The van der Waals surface area contributed by atoms with Crippen molar-refractivity contribution in [1.82, 2.24) is 0 Å². The molecule has 0 fully saturated rings. The topological polar surface area (TPSA) is 55.8 Å². The second-order valence-corrected chi connectivity index (χ2v) is 5.26. The van der Waals surface area contributed by atoms with Gasteiger partial charge in [-0.3, -0.25) is 4.79 Å². The number of hydrogen-bond acceptors (Lipinski definition) is 4. The van der Waals surface area contributed by atoms with Crippen LogP contribution < -0.4 is 0 Å². The van der Waals surface area contributed by atoms with E-state index < -0.39 is 6.10 Å². The third-order valence-electron chi connectivity index (χ3n) is 2.69. The molecule has 112 valence electrons. The van der Waals surface area contributed by atoms with Crippen LogP contribution in [0.5, 0.6) is 0 Å². The highest BCUT2D eigenvalue weighted by Gasteiger charge is 2.12. The van der Waals surface area contributed by atoms with E-state index in [1.54, 1.807) is 0 Å². The van der Waals surface area contributed by atoms with Crippen LogP contribution in [0.2, 0.25) is 0 Å². The van der Waals surface area contributed by atoms with Crippen LogP contribution in [0.25, 0.3) is 0 Å². The van der Waals surface area contributed by atoms with Gasteiger partial charge in [-0.05, 0) is 17.9 Å². The summed E-state index contributed by atoms with van der Waals surface area (Å²) in [5.74, 6) is -0.0421. The summed E-state index contributed by atoms with van der Waals surface area (Å²) in [6.07, 6.45) is -0.240. The fourth-order valence-electron chi connectivity index (χ4n) is 1.60. The van der Waals surface area contributed by atoms with Gasteiger partial charge >= 0.3 is 5.97 Å². The lowest BCUT2D eigenvalue weighted by atomic mass is 10.2. The van der Waals surface area contributed by atoms with Crippen LogP contribution >= 0.6 is 0 Å². The van der Waals surface area contributed by atoms with Gasteiger partial charge < -0.3 is 14.6 Å². The van der Waals surface area contributed by atoms with E-state index >= 15 is 0 Å². The predicted octanol–water partition coefficient (Wildman–Crippen LogP) is 2.54. The molecule has 0 radical (unpaired) electrons. The molecule has 0 aliphatic heterocycles. The van der Waals surface area contributed by atoms with E-state index in [2.05, 4.69) is 0 Å². The van der Waals surface area contributed by atoms with Gasteiger partial charge in [0.1, 0.15) is 0 Å². The minimum absolute atomic E-state index is 0.0292. The van der Waals surface area contributed by atoms with Gasteiger partial charge in [-0.25, -0.2) is 0 Å². The molecule has 1 aromatic rings. The quantitative estimate of drug-likeness (QED) is 0.558. The van der Waals surface area contributed by atoms with Crippen molar-refractivity contribution in [2.45, 2.75) is 39.4 Å². The fourth-order valence-corrected chi connectivity index (χ4v) is 1.60. The first-order valence-corrected chi connectivity index (χ1v) is 7.03. The highest BCUT2D eigenvalue weighted by molar-refractivity contribution is 5.69. The Kier molecular flexibility index (Phi) is 7.92. The number of rotatable bonds is 9. The minimum Gasteiger partial charge on any atom is -0.465 e. The zero-order valence-corrected chi connectivity index (χ0v) is 12.2. The standard InChI is InChI=1S/C16H24O4/c1-13(2)11-20-16(18)10-15(17)8-9-19-12-14-6-4-3-5-7-14/h3-7,13,15,17H,8-12H2,1-2H3/t15-/m0/s1. The lowest BCUT2D eigenvalue weighted by Crippen LogP contribution is -2.19. The maximum atomic E-state index is 11.4. The Balaban J connectivity index is 2.08. The van der Waals surface area contributed by atoms with Gasteiger partial charge in [-0.15, -0.1) is 0 Å². The van der Waals surface area contributed by atoms with Crippen LogP contribution in [0.15, 0.2) is 30.3 Å². The zero-order chi connectivity index (χ0) is 14.8. The maximum absolute atomic E-state index is 11.4. The average Bonchev–Trinajstić information content (AvgIpc) is 2.42. The van der Waals surface area contributed by atoms with Gasteiger partial charge in [0.15, 0.2) is 0 Å². The van der Waals surface area contributed by atoms with Crippen molar-refractivity contribution in [2.24, 2.45) is 5.92 Å². The summed E-state index contributed by atoms with van der Waals surface area (Å²) in [7, 11) is 0. The van der Waals surface area contributed by atoms with Crippen molar-refractivity contribution in [1.29, 1.82) is 0 Å². The van der Waals surface area contributed by atoms with Gasteiger partial charge in [0.05, 0.1) is 25.7 Å². The molecule has 0 aliphatic carbocycles. The molecule has 20 heavy (non-hydrogen) atoms. The Morgan fingerprint density at radius 2 is 1.95 bits per heavy atom. The number of esters is 1. The summed E-state index contributed by atoms with van der Waals surface area (Å²) in [6, 6.07) is 9.84. The van der Waals surface area contributed by atoms with Crippen molar-refractivity contribution in [3.05, 3.63) is 35.9 Å². The Bertz CT molecular complexity index is 375. The fraction of sp³-hybridized carbons (Fsp3) is 0.562. The first-order valence-electron chi connectivity index (χ1n) is 7.03. The van der Waals surface area contributed by atoms with E-state index in [0.717, 1.165) is 5.56 Å². The lowest BCUT2D eigenvalue weighted by molar-refractivity contribution is -0.147. The highest BCUT2D eigenvalue weighted by atomic mass is 16.5. The number of aliphatic hydroxyl groups is 1. The molecule has 0 aliphatic rings. The number of aliphatic hydroxyl groups excluding tert-OH is 1. The molecule has 0 spiro atoms. The number of carbonyl (C=O) groups is 1. The zero-order valence-electron chi connectivity index (χ0n) is 12.2. The average molecular weight is 280 g/mol. The Labute approximate surface area is 120 Å². The van der Waals surface area contributed by atoms with E-state index in [1.165, 1.54) is 0 Å². The summed E-state index contributed by atoms with van der Waals surface area (Å²) in [5, 5.41) is 9.70. The summed E-state index contributed by atoms with van der Waals surface area (Å²) in [4.78, 5) is 11.4. The largest absolute Gasteiger partial charge is 0.465 e. The summed E-state index contributed by atoms with van der Waals surface area (Å²) in [5.41, 5.74) is 1.10. The summed E-state index contributed by atoms with van der Waals surface area (Å²) < 4.78 is 10.5. The summed E-state index contributed by atoms with van der Waals surface area (Å²) >= 11 is 0. The molecular formula is C16H24O4. The highest BCUT2D eigenvalue weighted by Crippen LogP contribution is 2.05. The van der Waals surface area contributed by atoms with E-state index in [1.807, 2.05) is 44.2 Å². The summed E-state index contributed by atoms with van der Waals surface area (Å²) in [6.45, 7) is 5.29. The molecular weight excluding hydrogens is 256 g/mol. The second-order valence-electron chi connectivity index (χ2n) is 5.26. The molecule has 0 amide bonds. The van der Waals surface area contributed by atoms with Crippen molar-refractivity contribution in [3.8, 4) is 0 Å². The van der Waals surface area contributed by atoms with Crippen LogP contribution in [0.3, 0.4) is 0 Å². The number of ether oxygens (including phenoxy) is 2. The second kappa shape index (κ2) is 9.50. The monoisotopic (exact) mass is 280 g/mol. The molecule has 4 nitrogen and oxygen atoms in total. The first kappa shape index (κ1) is 16.7. The third kappa shape index (κ3) is 7.92. The molecule has 1 atom stereocenters. The van der Waals surface area contributed by atoms with E-state index in [-0.39, 0.29) is 12.4 Å². The van der Waals surface area contributed by atoms with Crippen LogP contribution in [-0.2, 0) is 20.9 Å². The molecule has 0 heterocycles. The Morgan fingerprint density at radius 3 is 2.60 bits per heavy atom. The maximum Gasteiger partial charge on any atom is 0.308 e. The molecule has 0 saturated carbocycles. The van der Waals surface area contributed by atoms with E-state index in [9.17, 15) is 9.90 Å². The van der Waals surface area contributed by atoms with Gasteiger partial charge in [-0.1, -0.05) is 44.2 Å². The minimum atomic E-state index is -0.703. The van der Waals surface area contributed by atoms with Gasteiger partial charge in [0.2, 0.25) is 0 Å². The molecule has 1 N–H and O–H groups in total. The molecule has 0 aromatic heterocycles. The van der Waals surface area contributed by atoms with E-state index in [0.29, 0.717) is 32.2 Å². The molecule has 1 aromatic carbocycles. The van der Waals surface area contributed by atoms with Crippen LogP contribution in [0.1, 0.15) is 32.3 Å². The number of hydrogen-bond donors (Lipinski definition) is 1. The molecule has 4 heteroatoms. The predicted molar refractivity (Wildman–Crippen MR) is 77.1 cm³/mol.